The molecule has 8 aromatic heterocycles. The van der Waals surface area contributed by atoms with Crippen LogP contribution < -0.4 is 0 Å². The number of carboxylic acid groups (broad SMARTS) is 4. The standard InChI is InChI=1S/4C26H26FN3O3/c2*1-26(25(31)32)12-17(13-26)23-20-11-21-16(14-28-29-21)10-22(20)30(19-4-2-18(27)3-5-19)24(23)15-6-8-33-9-7-15;2*27-19-1-3-20(4-2-19)30-24-12-18-14-28-29-23(18)13-21(24)22(11-15-9-17(10-15)26(31)32)25(30)16-5-7-33-8-6-16/h2*2-5,10-11,14-15,17H,6-9,12-13H2,1H3,(H,28,29)(H,31,32);2*1-4,12-17H,5-11H2,(H,28,29)(H,31,32). The fraction of sp³-hybridized carbons (Fsp3) is 0.385. The minimum atomic E-state index is -0.732. The van der Waals surface area contributed by atoms with Gasteiger partial charge in [-0.1, -0.05) is 0 Å². The molecule has 4 aliphatic carbocycles. The minimum absolute atomic E-state index is 0.161. The quantitative estimate of drug-likeness (QED) is 0.0370. The molecule has 24 nitrogen and oxygen atoms in total. The van der Waals surface area contributed by atoms with Crippen LogP contribution in [0.4, 0.5) is 17.6 Å². The molecule has 0 bridgehead atoms. The Labute approximate surface area is 756 Å². The Balaban J connectivity index is 0.000000106. The van der Waals surface area contributed by atoms with E-state index in [1.165, 1.54) is 93.6 Å². The van der Waals surface area contributed by atoms with E-state index in [-0.39, 0.29) is 46.9 Å². The maximum Gasteiger partial charge on any atom is 0.309 e. The Hall–Kier alpha value is -12.8. The molecule has 0 amide bonds. The highest BCUT2D eigenvalue weighted by Gasteiger charge is 2.51. The summed E-state index contributed by atoms with van der Waals surface area (Å²) in [5.74, 6) is -2.07. The second kappa shape index (κ2) is 35.1. The SMILES string of the molecule is CC1(C(=O)O)CC(c2c(C3CCOCC3)n(-c3ccc(F)cc3)c3cc4cn[nH]c4cc23)C1.CC1(C(=O)O)CC(c2c(C3CCOCC3)n(-c3ccc(F)cc3)c3cc4cn[nH]c4cc23)C1.O=C(O)C1CC(Cc2c(C3CCOCC3)n(-c3ccc(F)cc3)c3cc4cn[nH]c4cc23)C1.O=C(O)C1CC(Cc2c(C3CCOCC3)n(-c3ccc(F)cc3)c3cc4cn[nH]c4cc23)C1. The molecule has 28 heteroatoms. The summed E-state index contributed by atoms with van der Waals surface area (Å²) in [4.78, 5) is 46.5. The Bertz CT molecular complexity index is 6640. The first-order chi connectivity index (χ1) is 64.0. The Morgan fingerprint density at radius 2 is 0.591 bits per heavy atom. The van der Waals surface area contributed by atoms with Crippen LogP contribution >= 0.6 is 0 Å². The van der Waals surface area contributed by atoms with E-state index in [1.54, 1.807) is 0 Å². The number of hydrogen-bond donors (Lipinski definition) is 8. The van der Waals surface area contributed by atoms with Crippen LogP contribution in [0.25, 0.3) is 110 Å². The molecule has 4 saturated heterocycles. The number of carboxylic acids is 4. The lowest BCUT2D eigenvalue weighted by atomic mass is 9.60. The van der Waals surface area contributed by atoms with Crippen LogP contribution in [0.15, 0.2) is 170 Å². The van der Waals surface area contributed by atoms with Crippen LogP contribution in [0.3, 0.4) is 0 Å². The number of nitrogens with zero attached hydrogens (tertiary/aromatic N) is 8. The van der Waals surface area contributed by atoms with E-state index in [0.717, 1.165) is 226 Å². The summed E-state index contributed by atoms with van der Waals surface area (Å²) >= 11 is 0. The summed E-state index contributed by atoms with van der Waals surface area (Å²) in [7, 11) is 0. The van der Waals surface area contributed by atoms with E-state index in [1.807, 2.05) is 87.2 Å². The van der Waals surface area contributed by atoms with Gasteiger partial charge in [0.25, 0.3) is 0 Å². The van der Waals surface area contributed by atoms with Crippen molar-refractivity contribution in [2.24, 2.45) is 34.5 Å². The van der Waals surface area contributed by atoms with Gasteiger partial charge in [-0.25, -0.2) is 17.6 Å². The van der Waals surface area contributed by atoms with Gasteiger partial charge in [0.1, 0.15) is 23.3 Å². The van der Waals surface area contributed by atoms with Gasteiger partial charge in [0, 0.05) is 165 Å². The molecule has 0 atom stereocenters. The first-order valence-corrected chi connectivity index (χ1v) is 46.4. The topological polar surface area (TPSA) is 321 Å². The van der Waals surface area contributed by atoms with E-state index in [4.69, 9.17) is 18.9 Å². The number of aromatic amines is 4. The number of rotatable bonds is 18. The molecule has 0 spiro atoms. The predicted octanol–water partition coefficient (Wildman–Crippen LogP) is 21.4. The van der Waals surface area contributed by atoms with Gasteiger partial charge in [0.15, 0.2) is 0 Å². The van der Waals surface area contributed by atoms with Crippen LogP contribution in [0.2, 0.25) is 0 Å². The van der Waals surface area contributed by atoms with Gasteiger partial charge >= 0.3 is 23.9 Å². The molecule has 680 valence electrons. The van der Waals surface area contributed by atoms with Crippen molar-refractivity contribution in [3.63, 3.8) is 0 Å². The van der Waals surface area contributed by atoms with Crippen molar-refractivity contribution in [2.75, 3.05) is 52.9 Å². The van der Waals surface area contributed by atoms with Gasteiger partial charge in [-0.05, 0) is 321 Å². The third kappa shape index (κ3) is 15.9. The molecular weight excluding hydrogens is 1690 g/mol. The summed E-state index contributed by atoms with van der Waals surface area (Å²) in [5, 5.41) is 76.0. The lowest BCUT2D eigenvalue weighted by Crippen LogP contribution is -2.40. The van der Waals surface area contributed by atoms with Crippen LogP contribution in [-0.4, -0.2) is 156 Å². The van der Waals surface area contributed by atoms with Gasteiger partial charge in [0.05, 0.1) is 91.6 Å². The first kappa shape index (κ1) is 86.0. The number of H-pyrrole nitrogens is 4. The second-order valence-electron chi connectivity index (χ2n) is 38.5. The molecule has 8 aliphatic rings. The van der Waals surface area contributed by atoms with Crippen molar-refractivity contribution < 1.29 is 76.1 Å². The van der Waals surface area contributed by atoms with E-state index in [0.29, 0.717) is 87.6 Å². The average molecular weight is 1790 g/mol. The highest BCUT2D eigenvalue weighted by atomic mass is 19.1. The van der Waals surface area contributed by atoms with Gasteiger partial charge in [-0.3, -0.25) is 39.6 Å². The van der Waals surface area contributed by atoms with Crippen LogP contribution in [0.1, 0.15) is 197 Å². The molecule has 132 heavy (non-hydrogen) atoms. The molecule has 8 fully saturated rings. The van der Waals surface area contributed by atoms with Crippen LogP contribution in [0, 0.1) is 57.8 Å². The highest BCUT2D eigenvalue weighted by molar-refractivity contribution is 6.03. The van der Waals surface area contributed by atoms with Crippen molar-refractivity contribution in [3.8, 4) is 22.7 Å². The molecule has 12 heterocycles. The van der Waals surface area contributed by atoms with E-state index in [2.05, 4.69) is 108 Å². The van der Waals surface area contributed by atoms with Crippen LogP contribution in [0.5, 0.6) is 0 Å². The molecule has 8 N–H and O–H groups in total. The number of halogens is 4. The number of nitrogens with one attached hydrogen (secondary N) is 4. The Kier molecular flexibility index (Phi) is 22.9. The average Bonchev–Trinajstić information content (AvgIpc) is 1.53. The fourth-order valence-electron chi connectivity index (χ4n) is 23.1. The lowest BCUT2D eigenvalue weighted by molar-refractivity contribution is -0.154. The Morgan fingerprint density at radius 1 is 0.348 bits per heavy atom. The predicted molar refractivity (Wildman–Crippen MR) is 493 cm³/mol. The lowest BCUT2D eigenvalue weighted by Gasteiger charge is -2.43. The number of benzene rings is 8. The highest BCUT2D eigenvalue weighted by Crippen LogP contribution is 2.59. The largest absolute Gasteiger partial charge is 0.481 e. The summed E-state index contributed by atoms with van der Waals surface area (Å²) < 4.78 is 86.9. The van der Waals surface area contributed by atoms with Gasteiger partial charge < -0.3 is 57.6 Å². The van der Waals surface area contributed by atoms with Crippen molar-refractivity contribution in [2.45, 2.75) is 165 Å². The van der Waals surface area contributed by atoms with Gasteiger partial charge in [-0.15, -0.1) is 0 Å². The molecule has 4 saturated carbocycles. The number of aromatic nitrogens is 12. The van der Waals surface area contributed by atoms with Crippen molar-refractivity contribution in [1.29, 1.82) is 0 Å². The number of ether oxygens (including phenoxy) is 4. The maximum atomic E-state index is 13.8. The zero-order valence-electron chi connectivity index (χ0n) is 73.5. The zero-order chi connectivity index (χ0) is 90.5. The summed E-state index contributed by atoms with van der Waals surface area (Å²) in [5.41, 5.74) is 20.5. The summed E-state index contributed by atoms with van der Waals surface area (Å²) in [6, 6.07) is 43.9. The van der Waals surface area contributed by atoms with Crippen molar-refractivity contribution >= 4 is 111 Å². The smallest absolute Gasteiger partial charge is 0.309 e. The monoisotopic (exact) mass is 1790 g/mol. The third-order valence-corrected chi connectivity index (χ3v) is 30.1. The normalized spacial score (nSPS) is 22.6. The first-order valence-electron chi connectivity index (χ1n) is 46.4. The number of hydrogen-bond acceptors (Lipinski definition) is 12. The molecule has 0 radical (unpaired) electrons. The van der Waals surface area contributed by atoms with E-state index < -0.39 is 34.7 Å². The fourth-order valence-corrected chi connectivity index (χ4v) is 23.1. The molecule has 24 rings (SSSR count). The molecule has 8 aromatic carbocycles. The third-order valence-electron chi connectivity index (χ3n) is 30.1. The van der Waals surface area contributed by atoms with Crippen molar-refractivity contribution in [1.82, 2.24) is 59.1 Å². The molecule has 0 unspecified atom stereocenters. The molecule has 16 aromatic rings. The number of carbonyl (C=O) groups is 4. The van der Waals surface area contributed by atoms with Crippen LogP contribution in [-0.2, 0) is 51.0 Å². The van der Waals surface area contributed by atoms with Gasteiger partial charge in [0.2, 0.25) is 0 Å². The molecular formula is C104H104F4N12O12. The Morgan fingerprint density at radius 3 is 0.848 bits per heavy atom. The van der Waals surface area contributed by atoms with E-state index >= 15 is 0 Å². The summed E-state index contributed by atoms with van der Waals surface area (Å²) in [6.45, 7) is 9.41. The summed E-state index contributed by atoms with van der Waals surface area (Å²) in [6.07, 6.45) is 21.7. The molecule has 4 aliphatic heterocycles. The number of aliphatic carboxylic acids is 4. The zero-order valence-corrected chi connectivity index (χ0v) is 73.5. The maximum absolute atomic E-state index is 13.8. The minimum Gasteiger partial charge on any atom is -0.481 e. The number of fused-ring (bicyclic) bond motifs is 8. The second-order valence-corrected chi connectivity index (χ2v) is 38.5. The van der Waals surface area contributed by atoms with E-state index in [9.17, 15) is 57.2 Å². The van der Waals surface area contributed by atoms with Gasteiger partial charge in [-0.2, -0.15) is 20.4 Å². The van der Waals surface area contributed by atoms with Crippen molar-refractivity contribution in [3.05, 3.63) is 239 Å².